The van der Waals surface area contributed by atoms with E-state index in [1.807, 2.05) is 6.07 Å². The predicted octanol–water partition coefficient (Wildman–Crippen LogP) is 2.70. The van der Waals surface area contributed by atoms with Crippen molar-refractivity contribution in [1.82, 2.24) is 0 Å². The Morgan fingerprint density at radius 3 is 2.38 bits per heavy atom. The number of carbonyl (C=O) groups is 2. The minimum Gasteiger partial charge on any atom is -0.481 e. The second-order valence-corrected chi connectivity index (χ2v) is 4.20. The van der Waals surface area contributed by atoms with Crippen molar-refractivity contribution in [3.8, 4) is 0 Å². The Kier molecular flexibility index (Phi) is 6.85. The number of halogens is 1. The van der Waals surface area contributed by atoms with Gasteiger partial charge in [-0.3, -0.25) is 9.59 Å². The SMILES string of the molecule is C[C@H](CSC(=O)c1ccccc1)C(=O)O.Cl. The third-order valence-electron chi connectivity index (χ3n) is 1.90. The van der Waals surface area contributed by atoms with Crippen LogP contribution in [0.5, 0.6) is 0 Å². The van der Waals surface area contributed by atoms with Crippen LogP contribution in [0.15, 0.2) is 30.3 Å². The van der Waals surface area contributed by atoms with Crippen LogP contribution in [0, 0.1) is 5.92 Å². The van der Waals surface area contributed by atoms with Crippen LogP contribution in [-0.2, 0) is 4.79 Å². The highest BCUT2D eigenvalue weighted by Crippen LogP contribution is 2.15. The van der Waals surface area contributed by atoms with Gasteiger partial charge in [0, 0.05) is 11.3 Å². The molecule has 16 heavy (non-hydrogen) atoms. The van der Waals surface area contributed by atoms with Crippen molar-refractivity contribution in [2.24, 2.45) is 5.92 Å². The average molecular weight is 261 g/mol. The van der Waals surface area contributed by atoms with Crippen molar-refractivity contribution in [2.45, 2.75) is 6.92 Å². The van der Waals surface area contributed by atoms with Crippen LogP contribution in [-0.4, -0.2) is 21.9 Å². The zero-order valence-corrected chi connectivity index (χ0v) is 10.4. The first-order chi connectivity index (χ1) is 7.11. The third kappa shape index (κ3) is 4.68. The van der Waals surface area contributed by atoms with Gasteiger partial charge in [-0.25, -0.2) is 0 Å². The highest BCUT2D eigenvalue weighted by molar-refractivity contribution is 8.14. The zero-order valence-electron chi connectivity index (χ0n) is 8.75. The Bertz CT molecular complexity index is 354. The number of thioether (sulfide) groups is 1. The molecule has 5 heteroatoms. The molecule has 0 amide bonds. The van der Waals surface area contributed by atoms with Crippen LogP contribution >= 0.6 is 24.2 Å². The summed E-state index contributed by atoms with van der Waals surface area (Å²) in [7, 11) is 0. The second-order valence-electron chi connectivity index (χ2n) is 3.20. The molecule has 1 N–H and O–H groups in total. The summed E-state index contributed by atoms with van der Waals surface area (Å²) in [6.07, 6.45) is 0. The summed E-state index contributed by atoms with van der Waals surface area (Å²) in [5, 5.41) is 8.56. The Balaban J connectivity index is 0.00000225. The maximum absolute atomic E-state index is 11.5. The second kappa shape index (κ2) is 7.30. The molecule has 1 aromatic carbocycles. The molecular weight excluding hydrogens is 248 g/mol. The van der Waals surface area contributed by atoms with Gasteiger partial charge in [-0.2, -0.15) is 0 Å². The summed E-state index contributed by atoms with van der Waals surface area (Å²) >= 11 is 1.05. The molecule has 0 radical (unpaired) electrons. The van der Waals surface area contributed by atoms with Gasteiger partial charge in [0.2, 0.25) is 5.12 Å². The van der Waals surface area contributed by atoms with Crippen LogP contribution in [0.25, 0.3) is 0 Å². The Morgan fingerprint density at radius 2 is 1.88 bits per heavy atom. The number of carboxylic acids is 1. The fourth-order valence-corrected chi connectivity index (χ4v) is 1.78. The van der Waals surface area contributed by atoms with E-state index in [0.717, 1.165) is 11.8 Å². The van der Waals surface area contributed by atoms with Crippen molar-refractivity contribution in [2.75, 3.05) is 5.75 Å². The Hall–Kier alpha value is -1.00. The van der Waals surface area contributed by atoms with Gasteiger partial charge in [0.15, 0.2) is 0 Å². The van der Waals surface area contributed by atoms with Crippen LogP contribution in [0.3, 0.4) is 0 Å². The number of hydrogen-bond acceptors (Lipinski definition) is 3. The quantitative estimate of drug-likeness (QED) is 0.904. The maximum Gasteiger partial charge on any atom is 0.307 e. The molecule has 0 unspecified atom stereocenters. The van der Waals surface area contributed by atoms with Crippen molar-refractivity contribution >= 4 is 35.3 Å². The largest absolute Gasteiger partial charge is 0.481 e. The fourth-order valence-electron chi connectivity index (χ4n) is 0.930. The molecule has 1 aromatic rings. The smallest absolute Gasteiger partial charge is 0.307 e. The van der Waals surface area contributed by atoms with Crippen molar-refractivity contribution < 1.29 is 14.7 Å². The summed E-state index contributed by atoms with van der Waals surface area (Å²) in [6, 6.07) is 8.85. The lowest BCUT2D eigenvalue weighted by Gasteiger charge is -2.04. The Morgan fingerprint density at radius 1 is 1.31 bits per heavy atom. The standard InChI is InChI=1S/C11H12O3S.ClH/c1-8(10(12)13)7-15-11(14)9-5-3-2-4-6-9;/h2-6,8H,7H2,1H3,(H,12,13);1H/t8-;/m1./s1. The maximum atomic E-state index is 11.5. The molecule has 0 bridgehead atoms. The number of hydrogen-bond donors (Lipinski definition) is 1. The predicted molar refractivity (Wildman–Crippen MR) is 67.3 cm³/mol. The van der Waals surface area contributed by atoms with E-state index in [2.05, 4.69) is 0 Å². The normalized spacial score (nSPS) is 11.3. The first-order valence-electron chi connectivity index (χ1n) is 4.56. The first kappa shape index (κ1) is 15.0. The molecule has 0 fully saturated rings. The average Bonchev–Trinajstić information content (AvgIpc) is 2.26. The third-order valence-corrected chi connectivity index (χ3v) is 3.06. The first-order valence-corrected chi connectivity index (χ1v) is 5.55. The summed E-state index contributed by atoms with van der Waals surface area (Å²) in [6.45, 7) is 1.59. The van der Waals surface area contributed by atoms with Crippen LogP contribution < -0.4 is 0 Å². The van der Waals surface area contributed by atoms with E-state index in [9.17, 15) is 9.59 Å². The van der Waals surface area contributed by atoms with Crippen LogP contribution in [0.2, 0.25) is 0 Å². The van der Waals surface area contributed by atoms with E-state index in [0.29, 0.717) is 11.3 Å². The highest BCUT2D eigenvalue weighted by Gasteiger charge is 2.14. The lowest BCUT2D eigenvalue weighted by atomic mass is 10.2. The minimum absolute atomic E-state index is 0. The van der Waals surface area contributed by atoms with E-state index < -0.39 is 11.9 Å². The lowest BCUT2D eigenvalue weighted by molar-refractivity contribution is -0.140. The monoisotopic (exact) mass is 260 g/mol. The number of carbonyl (C=O) groups excluding carboxylic acids is 1. The van der Waals surface area contributed by atoms with Gasteiger partial charge in [0.25, 0.3) is 0 Å². The molecular formula is C11H13ClO3S. The molecule has 3 nitrogen and oxygen atoms in total. The summed E-state index contributed by atoms with van der Waals surface area (Å²) in [5.74, 6) is -1.06. The van der Waals surface area contributed by atoms with E-state index >= 15 is 0 Å². The molecule has 1 rings (SSSR count). The van der Waals surface area contributed by atoms with Gasteiger partial charge in [-0.15, -0.1) is 12.4 Å². The molecule has 88 valence electrons. The van der Waals surface area contributed by atoms with Gasteiger partial charge in [-0.05, 0) is 0 Å². The lowest BCUT2D eigenvalue weighted by Crippen LogP contribution is -2.13. The number of rotatable bonds is 4. The summed E-state index contributed by atoms with van der Waals surface area (Å²) < 4.78 is 0. The minimum atomic E-state index is -0.872. The number of aliphatic carboxylic acids is 1. The molecule has 0 heterocycles. The van der Waals surface area contributed by atoms with E-state index in [4.69, 9.17) is 5.11 Å². The topological polar surface area (TPSA) is 54.4 Å². The molecule has 0 aliphatic heterocycles. The van der Waals surface area contributed by atoms with E-state index in [-0.39, 0.29) is 17.5 Å². The van der Waals surface area contributed by atoms with Crippen molar-refractivity contribution in [3.63, 3.8) is 0 Å². The summed E-state index contributed by atoms with van der Waals surface area (Å²) in [5.41, 5.74) is 0.611. The van der Waals surface area contributed by atoms with Crippen LogP contribution in [0.4, 0.5) is 0 Å². The number of benzene rings is 1. The zero-order chi connectivity index (χ0) is 11.3. The van der Waals surface area contributed by atoms with Gasteiger partial charge in [-0.1, -0.05) is 49.0 Å². The van der Waals surface area contributed by atoms with E-state index in [1.165, 1.54) is 0 Å². The van der Waals surface area contributed by atoms with E-state index in [1.54, 1.807) is 31.2 Å². The molecule has 0 aliphatic rings. The molecule has 0 saturated carbocycles. The summed E-state index contributed by atoms with van der Waals surface area (Å²) in [4.78, 5) is 22.1. The Labute approximate surface area is 105 Å². The van der Waals surface area contributed by atoms with Crippen LogP contribution in [0.1, 0.15) is 17.3 Å². The molecule has 0 aliphatic carbocycles. The molecule has 0 aromatic heterocycles. The number of carboxylic acid groups (broad SMARTS) is 1. The highest BCUT2D eigenvalue weighted by atomic mass is 35.5. The van der Waals surface area contributed by atoms with Crippen molar-refractivity contribution in [1.29, 1.82) is 0 Å². The molecule has 1 atom stereocenters. The van der Waals surface area contributed by atoms with Crippen molar-refractivity contribution in [3.05, 3.63) is 35.9 Å². The fraction of sp³-hybridized carbons (Fsp3) is 0.273. The van der Waals surface area contributed by atoms with Gasteiger partial charge < -0.3 is 5.11 Å². The van der Waals surface area contributed by atoms with Gasteiger partial charge >= 0.3 is 5.97 Å². The molecule has 0 saturated heterocycles. The molecule has 0 spiro atoms. The van der Waals surface area contributed by atoms with Gasteiger partial charge in [0.05, 0.1) is 5.92 Å². The van der Waals surface area contributed by atoms with Gasteiger partial charge in [0.1, 0.15) is 0 Å².